The molecule has 1 aromatic rings. The summed E-state index contributed by atoms with van der Waals surface area (Å²) in [5.41, 5.74) is -0.385. The van der Waals surface area contributed by atoms with Crippen LogP contribution in [0, 0.1) is 6.92 Å². The number of aromatic nitrogens is 3. The molecule has 0 bridgehead atoms. The summed E-state index contributed by atoms with van der Waals surface area (Å²) < 4.78 is 30.7. The first-order chi connectivity index (χ1) is 18.0. The first-order valence-electron chi connectivity index (χ1n) is 14.2. The number of unbranched alkanes of at least 4 members (excludes halogenated alkanes) is 13. The van der Waals surface area contributed by atoms with Crippen molar-refractivity contribution in [1.29, 1.82) is 0 Å². The lowest BCUT2D eigenvalue weighted by molar-refractivity contribution is -0.0139. The van der Waals surface area contributed by atoms with Gasteiger partial charge in [0.1, 0.15) is 24.6 Å². The summed E-state index contributed by atoms with van der Waals surface area (Å²) in [7, 11) is 0.380. The summed E-state index contributed by atoms with van der Waals surface area (Å²) in [6, 6.07) is 0. The lowest BCUT2D eigenvalue weighted by Crippen LogP contribution is -2.35. The molecule has 2 rings (SSSR count). The van der Waals surface area contributed by atoms with Crippen molar-refractivity contribution in [2.75, 3.05) is 31.1 Å². The largest absolute Gasteiger partial charge is 0.361 e. The molecule has 8 nitrogen and oxygen atoms in total. The predicted octanol–water partition coefficient (Wildman–Crippen LogP) is 7.39. The summed E-state index contributed by atoms with van der Waals surface area (Å²) in [4.78, 5) is 19.7. The van der Waals surface area contributed by atoms with E-state index in [-0.39, 0.29) is 31.3 Å². The molecule has 0 aromatic carbocycles. The number of ether oxygens (including phenoxy) is 1. The van der Waals surface area contributed by atoms with E-state index in [1.165, 1.54) is 101 Å². The Kier molecular flexibility index (Phi) is 18.2. The van der Waals surface area contributed by atoms with Gasteiger partial charge >= 0.3 is 13.3 Å². The molecule has 0 amide bonds. The van der Waals surface area contributed by atoms with Crippen LogP contribution >= 0.6 is 29.2 Å². The average molecular weight is 578 g/mol. The molecule has 1 fully saturated rings. The van der Waals surface area contributed by atoms with Crippen LogP contribution in [-0.2, 0) is 24.9 Å². The molecule has 1 aliphatic heterocycles. The Morgan fingerprint density at radius 1 is 0.973 bits per heavy atom. The van der Waals surface area contributed by atoms with Crippen molar-refractivity contribution in [3.05, 3.63) is 22.6 Å². The third kappa shape index (κ3) is 15.7. The Hall–Kier alpha value is -0.380. The molecule has 0 saturated carbocycles. The Balaban J connectivity index is 1.35. The van der Waals surface area contributed by atoms with Gasteiger partial charge in [-0.25, -0.2) is 9.78 Å². The summed E-state index contributed by atoms with van der Waals surface area (Å²) in [5.74, 6) is 2.33. The number of rotatable bonds is 22. The van der Waals surface area contributed by atoms with E-state index in [1.807, 2.05) is 10.8 Å². The molecular weight excluding hydrogens is 529 g/mol. The van der Waals surface area contributed by atoms with Crippen LogP contribution in [0.1, 0.15) is 103 Å². The zero-order chi connectivity index (χ0) is 26.6. The van der Waals surface area contributed by atoms with Gasteiger partial charge in [-0.1, -0.05) is 112 Å². The quantitative estimate of drug-likeness (QED) is 0.0794. The molecule has 37 heavy (non-hydrogen) atoms. The van der Waals surface area contributed by atoms with Gasteiger partial charge in [-0.15, -0.1) is 0 Å². The molecular formula is C26H48N3O5PS2. The zero-order valence-corrected chi connectivity index (χ0v) is 25.5. The maximum atomic E-state index is 12.6. The summed E-state index contributed by atoms with van der Waals surface area (Å²) in [5, 5.41) is 0. The Labute approximate surface area is 231 Å². The van der Waals surface area contributed by atoms with E-state index in [1.54, 1.807) is 17.7 Å². The lowest BCUT2D eigenvalue weighted by atomic mass is 10.0. The van der Waals surface area contributed by atoms with E-state index in [9.17, 15) is 9.36 Å². The topological polar surface area (TPSA) is 92.5 Å². The maximum absolute atomic E-state index is 12.6. The average Bonchev–Trinajstić information content (AvgIpc) is 2.88. The minimum atomic E-state index is -3.23. The van der Waals surface area contributed by atoms with Gasteiger partial charge in [0.15, 0.2) is 0 Å². The van der Waals surface area contributed by atoms with E-state index >= 15 is 0 Å². The normalized spacial score (nSPS) is 19.9. The van der Waals surface area contributed by atoms with Gasteiger partial charge in [-0.3, -0.25) is 9.13 Å². The van der Waals surface area contributed by atoms with Gasteiger partial charge in [0.25, 0.3) is 0 Å². The van der Waals surface area contributed by atoms with Gasteiger partial charge in [0.05, 0.1) is 19.8 Å². The van der Waals surface area contributed by atoms with E-state index in [0.29, 0.717) is 12.4 Å². The van der Waals surface area contributed by atoms with Crippen molar-refractivity contribution in [2.45, 2.75) is 116 Å². The first kappa shape index (κ1) is 32.8. The van der Waals surface area contributed by atoms with E-state index in [4.69, 9.17) is 13.8 Å². The molecule has 1 aliphatic rings. The Bertz CT molecular complexity index is 818. The van der Waals surface area contributed by atoms with E-state index < -0.39 is 7.60 Å². The zero-order valence-electron chi connectivity index (χ0n) is 22.9. The molecule has 2 atom stereocenters. The van der Waals surface area contributed by atoms with Gasteiger partial charge < -0.3 is 13.8 Å². The van der Waals surface area contributed by atoms with Crippen molar-refractivity contribution in [3.8, 4) is 0 Å². The summed E-state index contributed by atoms with van der Waals surface area (Å²) in [6.45, 7) is 4.67. The predicted molar refractivity (Wildman–Crippen MR) is 156 cm³/mol. The fourth-order valence-electron chi connectivity index (χ4n) is 4.12. The highest BCUT2D eigenvalue weighted by atomic mass is 33.1. The van der Waals surface area contributed by atoms with Crippen molar-refractivity contribution >= 4 is 29.2 Å². The molecule has 0 radical (unpaired) electrons. The van der Waals surface area contributed by atoms with Gasteiger partial charge in [-0.05, 0) is 13.3 Å². The Morgan fingerprint density at radius 3 is 2.14 bits per heavy atom. The van der Waals surface area contributed by atoms with Crippen molar-refractivity contribution in [2.24, 2.45) is 0 Å². The maximum Gasteiger partial charge on any atom is 0.356 e. The third-order valence-corrected chi connectivity index (χ3v) is 10.4. The number of hydrogen-bond donors (Lipinski definition) is 0. The standard InChI is InChI=1S/C26H48N3O5PS2/c1-3-4-5-6-7-8-9-10-11-12-13-14-15-16-18-36-37-19-17-33-35(31)23-32-25(21-34-35)20-29-22-27-24(2)28-26(29)30/h22,25H,3-21,23H2,1-2H3. The number of aryl methyl sites for hydroxylation is 1. The molecule has 2 heterocycles. The summed E-state index contributed by atoms with van der Waals surface area (Å²) in [6.07, 6.45) is 20.3. The highest BCUT2D eigenvalue weighted by Crippen LogP contribution is 2.51. The van der Waals surface area contributed by atoms with E-state index in [2.05, 4.69) is 16.9 Å². The first-order valence-corrected chi connectivity index (χ1v) is 18.4. The van der Waals surface area contributed by atoms with Gasteiger partial charge in [0.2, 0.25) is 0 Å². The SMILES string of the molecule is CCCCCCCCCCCCCCCCSSCCOP1(=O)COC(Cn2cnc(C)nc2=O)CO1. The fraction of sp³-hybridized carbons (Fsp3) is 0.885. The van der Waals surface area contributed by atoms with Crippen LogP contribution in [-0.4, -0.2) is 51.7 Å². The van der Waals surface area contributed by atoms with Crippen LogP contribution in [0.3, 0.4) is 0 Å². The minimum Gasteiger partial charge on any atom is -0.361 e. The Morgan fingerprint density at radius 2 is 1.57 bits per heavy atom. The molecule has 0 N–H and O–H groups in total. The number of nitrogens with zero attached hydrogens (tertiary/aromatic N) is 3. The molecule has 11 heteroatoms. The van der Waals surface area contributed by atoms with Crippen molar-refractivity contribution in [1.82, 2.24) is 14.5 Å². The highest BCUT2D eigenvalue weighted by Gasteiger charge is 2.33. The van der Waals surface area contributed by atoms with Crippen LogP contribution in [0.5, 0.6) is 0 Å². The molecule has 1 aromatic heterocycles. The van der Waals surface area contributed by atoms with E-state index in [0.717, 1.165) is 11.5 Å². The van der Waals surface area contributed by atoms with Crippen LogP contribution in [0.4, 0.5) is 0 Å². The minimum absolute atomic E-state index is 0.101. The molecule has 214 valence electrons. The van der Waals surface area contributed by atoms with Crippen LogP contribution in [0.25, 0.3) is 0 Å². The van der Waals surface area contributed by atoms with Crippen molar-refractivity contribution in [3.63, 3.8) is 0 Å². The molecule has 1 saturated heterocycles. The van der Waals surface area contributed by atoms with Crippen molar-refractivity contribution < 1.29 is 18.3 Å². The van der Waals surface area contributed by atoms with Crippen LogP contribution < -0.4 is 5.69 Å². The van der Waals surface area contributed by atoms with Crippen LogP contribution in [0.15, 0.2) is 11.1 Å². The molecule has 2 unspecified atom stereocenters. The second kappa shape index (κ2) is 20.5. The molecule has 0 aliphatic carbocycles. The second-order valence-electron chi connectivity index (χ2n) is 9.74. The lowest BCUT2D eigenvalue weighted by Gasteiger charge is -2.29. The number of hydrogen-bond acceptors (Lipinski definition) is 9. The fourth-order valence-corrected chi connectivity index (χ4v) is 7.60. The smallest absolute Gasteiger partial charge is 0.356 e. The summed E-state index contributed by atoms with van der Waals surface area (Å²) >= 11 is 0. The highest BCUT2D eigenvalue weighted by molar-refractivity contribution is 8.76. The van der Waals surface area contributed by atoms with Gasteiger partial charge in [-0.2, -0.15) is 4.98 Å². The third-order valence-electron chi connectivity index (χ3n) is 6.33. The van der Waals surface area contributed by atoms with Gasteiger partial charge in [0, 0.05) is 11.5 Å². The van der Waals surface area contributed by atoms with Crippen LogP contribution in [0.2, 0.25) is 0 Å². The monoisotopic (exact) mass is 577 g/mol. The second-order valence-corrected chi connectivity index (χ2v) is 14.4. The molecule has 0 spiro atoms.